The molecule has 146 valence electrons. The molecule has 0 radical (unpaired) electrons. The first kappa shape index (κ1) is 18.8. The Morgan fingerprint density at radius 3 is 2.68 bits per heavy atom. The van der Waals surface area contributed by atoms with Crippen molar-refractivity contribution in [3.05, 3.63) is 78.4 Å². The number of benzene rings is 1. The molecule has 0 saturated carbocycles. The summed E-state index contributed by atoms with van der Waals surface area (Å²) in [7, 11) is 2.24. The van der Waals surface area contributed by atoms with Gasteiger partial charge in [-0.05, 0) is 56.6 Å². The van der Waals surface area contributed by atoms with Crippen molar-refractivity contribution in [3.63, 3.8) is 0 Å². The lowest BCUT2D eigenvalue weighted by molar-refractivity contribution is 0.111. The number of hydrogen-bond donors (Lipinski definition) is 0. The molecule has 0 spiro atoms. The highest BCUT2D eigenvalue weighted by atomic mass is 15.2. The quantitative estimate of drug-likeness (QED) is 0.634. The summed E-state index contributed by atoms with van der Waals surface area (Å²) in [6, 6.07) is 17.5. The van der Waals surface area contributed by atoms with Gasteiger partial charge in [-0.2, -0.15) is 0 Å². The van der Waals surface area contributed by atoms with Crippen LogP contribution in [0.5, 0.6) is 0 Å². The molecule has 2 aromatic heterocycles. The van der Waals surface area contributed by atoms with E-state index >= 15 is 0 Å². The maximum Gasteiger partial charge on any atom is 0.233 e. The third kappa shape index (κ3) is 4.66. The molecular formula is C23H29N5. The molecular weight excluding hydrogens is 346 g/mol. The number of likely N-dealkylation sites (tertiary alicyclic amines) is 1. The zero-order valence-corrected chi connectivity index (χ0v) is 16.6. The van der Waals surface area contributed by atoms with Crippen LogP contribution in [0.1, 0.15) is 24.1 Å². The van der Waals surface area contributed by atoms with Crippen molar-refractivity contribution in [3.8, 4) is 5.95 Å². The van der Waals surface area contributed by atoms with Crippen molar-refractivity contribution in [2.75, 3.05) is 26.7 Å². The van der Waals surface area contributed by atoms with Crippen molar-refractivity contribution in [2.45, 2.75) is 31.8 Å². The minimum absolute atomic E-state index is 0.588. The molecule has 1 aliphatic rings. The largest absolute Gasteiger partial charge is 0.301 e. The lowest BCUT2D eigenvalue weighted by atomic mass is 10.0. The van der Waals surface area contributed by atoms with Crippen molar-refractivity contribution < 1.29 is 0 Å². The molecule has 3 aromatic rings. The van der Waals surface area contributed by atoms with Gasteiger partial charge in [0.2, 0.25) is 5.95 Å². The summed E-state index contributed by atoms with van der Waals surface area (Å²) in [5.74, 6) is 0.740. The van der Waals surface area contributed by atoms with E-state index in [1.54, 1.807) is 12.4 Å². The number of rotatable bonds is 7. The van der Waals surface area contributed by atoms with E-state index in [2.05, 4.69) is 73.8 Å². The highest BCUT2D eigenvalue weighted by Crippen LogP contribution is 2.18. The minimum atomic E-state index is 0.588. The highest BCUT2D eigenvalue weighted by molar-refractivity contribution is 5.20. The van der Waals surface area contributed by atoms with E-state index in [9.17, 15) is 0 Å². The monoisotopic (exact) mass is 375 g/mol. The van der Waals surface area contributed by atoms with Crippen molar-refractivity contribution in [1.29, 1.82) is 0 Å². The lowest BCUT2D eigenvalue weighted by Gasteiger charge is -2.37. The van der Waals surface area contributed by atoms with Gasteiger partial charge in [0.05, 0.1) is 0 Å². The second kappa shape index (κ2) is 9.13. The molecule has 0 N–H and O–H groups in total. The van der Waals surface area contributed by atoms with Crippen LogP contribution < -0.4 is 0 Å². The van der Waals surface area contributed by atoms with Gasteiger partial charge in [0, 0.05) is 50.0 Å². The van der Waals surface area contributed by atoms with Gasteiger partial charge in [0.1, 0.15) is 0 Å². The Morgan fingerprint density at radius 2 is 1.86 bits per heavy atom. The van der Waals surface area contributed by atoms with Crippen LogP contribution in [0.4, 0.5) is 0 Å². The number of aromatic nitrogens is 3. The Morgan fingerprint density at radius 1 is 1.04 bits per heavy atom. The zero-order valence-electron chi connectivity index (χ0n) is 16.6. The molecule has 4 rings (SSSR count). The van der Waals surface area contributed by atoms with E-state index < -0.39 is 0 Å². The smallest absolute Gasteiger partial charge is 0.233 e. The molecule has 0 aliphatic carbocycles. The molecule has 1 aromatic carbocycles. The van der Waals surface area contributed by atoms with E-state index in [1.807, 2.05) is 12.3 Å². The first-order valence-electron chi connectivity index (χ1n) is 10.2. The van der Waals surface area contributed by atoms with E-state index in [4.69, 9.17) is 0 Å². The molecule has 1 fully saturated rings. The van der Waals surface area contributed by atoms with Crippen molar-refractivity contribution >= 4 is 0 Å². The minimum Gasteiger partial charge on any atom is -0.301 e. The van der Waals surface area contributed by atoms with Gasteiger partial charge in [0.25, 0.3) is 0 Å². The fraction of sp³-hybridized carbons (Fsp3) is 0.391. The lowest BCUT2D eigenvalue weighted by Crippen LogP contribution is -2.46. The summed E-state index contributed by atoms with van der Waals surface area (Å²) in [6.07, 6.45) is 9.30. The second-order valence-electron chi connectivity index (χ2n) is 7.67. The van der Waals surface area contributed by atoms with E-state index in [0.29, 0.717) is 6.04 Å². The fourth-order valence-electron chi connectivity index (χ4n) is 4.07. The SMILES string of the molecule is CN(Cc1cccn1-c1ncccn1)[C@@H]1CCCN(CCc2ccccc2)C1. The Hall–Kier alpha value is -2.50. The van der Waals surface area contributed by atoms with Gasteiger partial charge in [-0.1, -0.05) is 30.3 Å². The molecule has 5 heteroatoms. The summed E-state index contributed by atoms with van der Waals surface area (Å²) < 4.78 is 2.09. The third-order valence-corrected chi connectivity index (χ3v) is 5.68. The summed E-state index contributed by atoms with van der Waals surface area (Å²) in [6.45, 7) is 4.41. The first-order chi connectivity index (χ1) is 13.8. The van der Waals surface area contributed by atoms with Gasteiger partial charge < -0.3 is 4.90 Å². The molecule has 0 bridgehead atoms. The standard InChI is InChI=1S/C23H29N5/c1-26(18-22-11-6-16-28(22)23-24-13-7-14-25-23)21-10-5-15-27(19-21)17-12-20-8-3-2-4-9-20/h2-4,6-9,11,13-14,16,21H,5,10,12,15,17-19H2,1H3/t21-/m1/s1. The fourth-order valence-corrected chi connectivity index (χ4v) is 4.07. The Bertz CT molecular complexity index is 846. The van der Waals surface area contributed by atoms with Crippen LogP contribution in [0.25, 0.3) is 5.95 Å². The third-order valence-electron chi connectivity index (χ3n) is 5.68. The maximum atomic E-state index is 4.39. The van der Waals surface area contributed by atoms with Gasteiger partial charge in [-0.15, -0.1) is 0 Å². The molecule has 1 aliphatic heterocycles. The van der Waals surface area contributed by atoms with E-state index in [0.717, 1.165) is 32.0 Å². The van der Waals surface area contributed by atoms with E-state index in [1.165, 1.54) is 30.6 Å². The second-order valence-corrected chi connectivity index (χ2v) is 7.67. The average molecular weight is 376 g/mol. The van der Waals surface area contributed by atoms with E-state index in [-0.39, 0.29) is 0 Å². The van der Waals surface area contributed by atoms with Crippen LogP contribution >= 0.6 is 0 Å². The predicted molar refractivity (Wildman–Crippen MR) is 112 cm³/mol. The van der Waals surface area contributed by atoms with Crippen LogP contribution in [0.15, 0.2) is 67.1 Å². The van der Waals surface area contributed by atoms with Crippen molar-refractivity contribution in [1.82, 2.24) is 24.3 Å². The van der Waals surface area contributed by atoms with Crippen LogP contribution in [0.2, 0.25) is 0 Å². The predicted octanol–water partition coefficient (Wildman–Crippen LogP) is 3.41. The average Bonchev–Trinajstić information content (AvgIpc) is 3.22. The molecule has 5 nitrogen and oxygen atoms in total. The highest BCUT2D eigenvalue weighted by Gasteiger charge is 2.23. The van der Waals surface area contributed by atoms with Crippen LogP contribution in [0, 0.1) is 0 Å². The summed E-state index contributed by atoms with van der Waals surface area (Å²) in [5.41, 5.74) is 2.66. The molecule has 0 amide bonds. The Labute approximate surface area is 167 Å². The normalized spacial score (nSPS) is 17.9. The van der Waals surface area contributed by atoms with Crippen LogP contribution in [-0.4, -0.2) is 57.1 Å². The topological polar surface area (TPSA) is 37.2 Å². The number of nitrogens with zero attached hydrogens (tertiary/aromatic N) is 5. The summed E-state index contributed by atoms with van der Waals surface area (Å²) in [4.78, 5) is 13.9. The number of hydrogen-bond acceptors (Lipinski definition) is 4. The summed E-state index contributed by atoms with van der Waals surface area (Å²) in [5, 5.41) is 0. The molecule has 28 heavy (non-hydrogen) atoms. The zero-order chi connectivity index (χ0) is 19.2. The Kier molecular flexibility index (Phi) is 6.14. The summed E-state index contributed by atoms with van der Waals surface area (Å²) >= 11 is 0. The molecule has 1 atom stereocenters. The first-order valence-corrected chi connectivity index (χ1v) is 10.2. The maximum absolute atomic E-state index is 4.39. The van der Waals surface area contributed by atoms with Gasteiger partial charge in [-0.25, -0.2) is 9.97 Å². The van der Waals surface area contributed by atoms with Gasteiger partial charge >= 0.3 is 0 Å². The number of likely N-dealkylation sites (N-methyl/N-ethyl adjacent to an activating group) is 1. The van der Waals surface area contributed by atoms with Crippen molar-refractivity contribution in [2.24, 2.45) is 0 Å². The number of piperidine rings is 1. The van der Waals surface area contributed by atoms with Crippen LogP contribution in [-0.2, 0) is 13.0 Å². The molecule has 1 saturated heterocycles. The van der Waals surface area contributed by atoms with Gasteiger partial charge in [-0.3, -0.25) is 9.47 Å². The Balaban J connectivity index is 1.35. The van der Waals surface area contributed by atoms with Crippen LogP contribution in [0.3, 0.4) is 0 Å². The van der Waals surface area contributed by atoms with Gasteiger partial charge in [0.15, 0.2) is 0 Å². The molecule has 0 unspecified atom stereocenters. The molecule has 3 heterocycles.